The van der Waals surface area contributed by atoms with Crippen LogP contribution in [0, 0.1) is 5.92 Å². The minimum Gasteiger partial charge on any atom is -0.496 e. The van der Waals surface area contributed by atoms with Gasteiger partial charge in [0.25, 0.3) is 0 Å². The summed E-state index contributed by atoms with van der Waals surface area (Å²) in [4.78, 5) is 4.66. The molecule has 0 amide bonds. The Morgan fingerprint density at radius 1 is 1.32 bits per heavy atom. The molecule has 1 aliphatic rings. The van der Waals surface area contributed by atoms with E-state index in [1.807, 2.05) is 12.1 Å². The van der Waals surface area contributed by atoms with Gasteiger partial charge in [-0.25, -0.2) is 4.98 Å². The monoisotopic (exact) mass is 317 g/mol. The fourth-order valence-electron chi connectivity index (χ4n) is 2.64. The third-order valence-corrected chi connectivity index (χ3v) is 4.56. The molecule has 1 fully saturated rings. The summed E-state index contributed by atoms with van der Waals surface area (Å²) in [6, 6.07) is 8.39. The van der Waals surface area contributed by atoms with Crippen molar-refractivity contribution < 1.29 is 4.74 Å². The van der Waals surface area contributed by atoms with E-state index in [0.29, 0.717) is 11.8 Å². The highest BCUT2D eigenvalue weighted by Crippen LogP contribution is 2.40. The van der Waals surface area contributed by atoms with Gasteiger partial charge in [0, 0.05) is 23.0 Å². The van der Waals surface area contributed by atoms with Crippen LogP contribution in [0.15, 0.2) is 24.3 Å². The van der Waals surface area contributed by atoms with E-state index in [9.17, 15) is 0 Å². The molecule has 1 aromatic carbocycles. The van der Waals surface area contributed by atoms with Crippen molar-refractivity contribution in [2.24, 2.45) is 5.92 Å². The number of methoxy groups -OCH3 is 1. The first-order valence-electron chi connectivity index (χ1n) is 7.90. The zero-order chi connectivity index (χ0) is 15.5. The molecule has 0 saturated heterocycles. The molecule has 1 N–H and O–H groups in total. The second-order valence-electron chi connectivity index (χ2n) is 6.30. The molecule has 0 bridgehead atoms. The predicted octanol–water partition coefficient (Wildman–Crippen LogP) is 4.62. The van der Waals surface area contributed by atoms with Crippen LogP contribution in [0.4, 0.5) is 5.13 Å². The van der Waals surface area contributed by atoms with Gasteiger partial charge >= 0.3 is 0 Å². The van der Waals surface area contributed by atoms with Crippen molar-refractivity contribution in [1.82, 2.24) is 9.36 Å². The summed E-state index contributed by atoms with van der Waals surface area (Å²) in [6.45, 7) is 4.47. The molecule has 3 rings (SSSR count). The molecule has 0 aliphatic heterocycles. The summed E-state index contributed by atoms with van der Waals surface area (Å²) in [5, 5.41) is 4.48. The third kappa shape index (κ3) is 3.58. The topological polar surface area (TPSA) is 47.0 Å². The molecule has 2 aromatic rings. The zero-order valence-electron chi connectivity index (χ0n) is 13.4. The van der Waals surface area contributed by atoms with E-state index in [1.54, 1.807) is 7.11 Å². The van der Waals surface area contributed by atoms with Gasteiger partial charge in [0.15, 0.2) is 0 Å². The molecule has 4 nitrogen and oxygen atoms in total. The van der Waals surface area contributed by atoms with Crippen molar-refractivity contribution in [1.29, 1.82) is 0 Å². The number of anilines is 1. The van der Waals surface area contributed by atoms with E-state index in [0.717, 1.165) is 23.1 Å². The maximum Gasteiger partial charge on any atom is 0.203 e. The van der Waals surface area contributed by atoms with Crippen LogP contribution >= 0.6 is 11.5 Å². The Labute approximate surface area is 136 Å². The van der Waals surface area contributed by atoms with Crippen molar-refractivity contribution in [3.8, 4) is 5.75 Å². The summed E-state index contributed by atoms with van der Waals surface area (Å²) in [6.07, 6.45) is 3.49. The highest BCUT2D eigenvalue weighted by molar-refractivity contribution is 7.09. The molecular formula is C17H23N3OS. The van der Waals surface area contributed by atoms with Crippen LogP contribution in [0.5, 0.6) is 5.75 Å². The van der Waals surface area contributed by atoms with Crippen LogP contribution in [0.25, 0.3) is 0 Å². The lowest BCUT2D eigenvalue weighted by atomic mass is 9.96. The Morgan fingerprint density at radius 3 is 2.77 bits per heavy atom. The molecule has 1 saturated carbocycles. The maximum absolute atomic E-state index is 5.53. The first-order valence-corrected chi connectivity index (χ1v) is 8.67. The number of nitrogens with zero attached hydrogens (tertiary/aromatic N) is 2. The van der Waals surface area contributed by atoms with Crippen LogP contribution < -0.4 is 10.1 Å². The molecule has 1 heterocycles. The van der Waals surface area contributed by atoms with Gasteiger partial charge in [-0.1, -0.05) is 32.0 Å². The lowest BCUT2D eigenvalue weighted by Gasteiger charge is -2.22. The Morgan fingerprint density at radius 2 is 2.09 bits per heavy atom. The molecule has 118 valence electrons. The predicted molar refractivity (Wildman–Crippen MR) is 90.7 cm³/mol. The molecule has 1 unspecified atom stereocenters. The first kappa shape index (κ1) is 15.3. The largest absolute Gasteiger partial charge is 0.496 e. The van der Waals surface area contributed by atoms with Crippen molar-refractivity contribution in [3.05, 3.63) is 35.7 Å². The first-order chi connectivity index (χ1) is 10.7. The molecule has 1 aliphatic carbocycles. The van der Waals surface area contributed by atoms with Crippen molar-refractivity contribution >= 4 is 16.7 Å². The van der Waals surface area contributed by atoms with Gasteiger partial charge in [0.1, 0.15) is 11.6 Å². The highest BCUT2D eigenvalue weighted by Gasteiger charge is 2.28. The third-order valence-electron chi connectivity index (χ3n) is 3.90. The van der Waals surface area contributed by atoms with Gasteiger partial charge in [0.05, 0.1) is 13.2 Å². The molecule has 1 atom stereocenters. The molecule has 0 radical (unpaired) electrons. The second-order valence-corrected chi connectivity index (χ2v) is 7.05. The summed E-state index contributed by atoms with van der Waals surface area (Å²) in [7, 11) is 1.72. The molecular weight excluding hydrogens is 294 g/mol. The number of rotatable bonds is 7. The summed E-state index contributed by atoms with van der Waals surface area (Å²) >= 11 is 1.47. The van der Waals surface area contributed by atoms with Gasteiger partial charge in [-0.3, -0.25) is 0 Å². The SMILES string of the molecule is COc1ccccc1C(CC(C)C)Nc1nc(C2CC2)ns1. The van der Waals surface area contributed by atoms with Crippen molar-refractivity contribution in [3.63, 3.8) is 0 Å². The lowest BCUT2D eigenvalue weighted by molar-refractivity contribution is 0.402. The quantitative estimate of drug-likeness (QED) is 0.809. The van der Waals surface area contributed by atoms with Gasteiger partial charge in [0.2, 0.25) is 5.13 Å². The minimum absolute atomic E-state index is 0.191. The summed E-state index contributed by atoms with van der Waals surface area (Å²) in [5.74, 6) is 3.11. The van der Waals surface area contributed by atoms with Crippen LogP contribution in [0.1, 0.15) is 56.5 Å². The number of ether oxygens (including phenoxy) is 1. The van der Waals surface area contributed by atoms with Crippen LogP contribution in [-0.2, 0) is 0 Å². The fourth-order valence-corrected chi connectivity index (χ4v) is 3.34. The van der Waals surface area contributed by atoms with E-state index in [4.69, 9.17) is 4.74 Å². The standard InChI is InChI=1S/C17H23N3OS/c1-11(2)10-14(13-6-4-5-7-15(13)21-3)18-17-19-16(20-22-17)12-8-9-12/h4-7,11-12,14H,8-10H2,1-3H3,(H,18,19,20). The van der Waals surface area contributed by atoms with Crippen LogP contribution in [0.2, 0.25) is 0 Å². The fraction of sp³-hybridized carbons (Fsp3) is 0.529. The zero-order valence-corrected chi connectivity index (χ0v) is 14.2. The van der Waals surface area contributed by atoms with Crippen LogP contribution in [0.3, 0.4) is 0 Å². The van der Waals surface area contributed by atoms with E-state index in [1.165, 1.54) is 29.9 Å². The average molecular weight is 317 g/mol. The summed E-state index contributed by atoms with van der Waals surface area (Å²) < 4.78 is 10.0. The number of nitrogens with one attached hydrogen (secondary N) is 1. The lowest BCUT2D eigenvalue weighted by Crippen LogP contribution is -2.14. The van der Waals surface area contributed by atoms with Crippen molar-refractivity contribution in [2.75, 3.05) is 12.4 Å². The van der Waals surface area contributed by atoms with Crippen LogP contribution in [-0.4, -0.2) is 16.5 Å². The van der Waals surface area contributed by atoms with E-state index >= 15 is 0 Å². The summed E-state index contributed by atoms with van der Waals surface area (Å²) in [5.41, 5.74) is 1.18. The molecule has 0 spiro atoms. The number of hydrogen-bond acceptors (Lipinski definition) is 5. The van der Waals surface area contributed by atoms with Gasteiger partial charge < -0.3 is 10.1 Å². The Kier molecular flexibility index (Phi) is 4.62. The Bertz CT molecular complexity index is 622. The maximum atomic E-state index is 5.53. The van der Waals surface area contributed by atoms with Gasteiger partial charge in [-0.05, 0) is 31.2 Å². The molecule has 22 heavy (non-hydrogen) atoms. The Hall–Kier alpha value is -1.62. The highest BCUT2D eigenvalue weighted by atomic mass is 32.1. The van der Waals surface area contributed by atoms with Gasteiger partial charge in [-0.2, -0.15) is 4.37 Å². The smallest absolute Gasteiger partial charge is 0.203 e. The van der Waals surface area contributed by atoms with Gasteiger partial charge in [-0.15, -0.1) is 0 Å². The minimum atomic E-state index is 0.191. The number of aromatic nitrogens is 2. The normalized spacial score (nSPS) is 15.8. The molecule has 5 heteroatoms. The van der Waals surface area contributed by atoms with E-state index in [2.05, 4.69) is 40.7 Å². The van der Waals surface area contributed by atoms with Crippen molar-refractivity contribution in [2.45, 2.75) is 45.1 Å². The Balaban J connectivity index is 1.81. The second kappa shape index (κ2) is 6.65. The molecule has 1 aromatic heterocycles. The number of para-hydroxylation sites is 1. The average Bonchev–Trinajstić information content (AvgIpc) is 3.26. The van der Waals surface area contributed by atoms with E-state index in [-0.39, 0.29) is 6.04 Å². The number of hydrogen-bond donors (Lipinski definition) is 1. The van der Waals surface area contributed by atoms with E-state index < -0.39 is 0 Å². The number of benzene rings is 1.